The maximum atomic E-state index is 5.75. The zero-order valence-corrected chi connectivity index (χ0v) is 17.4. The summed E-state index contributed by atoms with van der Waals surface area (Å²) in [6.45, 7) is 7.49. The summed E-state index contributed by atoms with van der Waals surface area (Å²) in [5, 5.41) is 4.33. The zero-order chi connectivity index (χ0) is 19.7. The van der Waals surface area contributed by atoms with Gasteiger partial charge in [-0.3, -0.25) is 4.98 Å². The van der Waals surface area contributed by atoms with Crippen molar-refractivity contribution in [3.05, 3.63) is 83.9 Å². The molecular weight excluding hydrogens is 364 g/mol. The third kappa shape index (κ3) is 3.54. The van der Waals surface area contributed by atoms with Gasteiger partial charge in [0.1, 0.15) is 0 Å². The Hall–Kier alpha value is -2.66. The first-order chi connectivity index (χ1) is 13.5. The molecular formula is C23H26N4S. The van der Waals surface area contributed by atoms with E-state index in [9.17, 15) is 0 Å². The fourth-order valence-electron chi connectivity index (χ4n) is 3.97. The number of nitrogens with zero attached hydrogens (tertiary/aromatic N) is 3. The summed E-state index contributed by atoms with van der Waals surface area (Å²) in [6.07, 6.45) is 3.98. The lowest BCUT2D eigenvalue weighted by Gasteiger charge is -2.30. The Bertz CT molecular complexity index is 963. The predicted octanol–water partition coefficient (Wildman–Crippen LogP) is 4.81. The van der Waals surface area contributed by atoms with Crippen molar-refractivity contribution in [2.24, 2.45) is 5.92 Å². The summed E-state index contributed by atoms with van der Waals surface area (Å²) in [6, 6.07) is 19.1. The molecule has 1 aliphatic heterocycles. The molecule has 0 amide bonds. The largest absolute Gasteiger partial charge is 0.352 e. The van der Waals surface area contributed by atoms with E-state index in [4.69, 9.17) is 12.2 Å². The van der Waals surface area contributed by atoms with Crippen molar-refractivity contribution in [3.8, 4) is 5.69 Å². The number of hydrogen-bond donors (Lipinski definition) is 1. The van der Waals surface area contributed by atoms with Crippen LogP contribution in [0.15, 0.2) is 67.0 Å². The number of nitrogens with one attached hydrogen (secondary N) is 1. The third-order valence-electron chi connectivity index (χ3n) is 5.12. The van der Waals surface area contributed by atoms with Crippen molar-refractivity contribution in [1.82, 2.24) is 19.8 Å². The number of hydrogen-bond acceptors (Lipinski definition) is 2. The van der Waals surface area contributed by atoms with E-state index < -0.39 is 0 Å². The van der Waals surface area contributed by atoms with Crippen LogP contribution in [0.25, 0.3) is 5.69 Å². The fraction of sp³-hybridized carbons (Fsp3) is 0.304. The van der Waals surface area contributed by atoms with Crippen molar-refractivity contribution in [2.45, 2.75) is 32.9 Å². The first-order valence-corrected chi connectivity index (χ1v) is 10.2. The smallest absolute Gasteiger partial charge is 0.170 e. The van der Waals surface area contributed by atoms with E-state index in [-0.39, 0.29) is 12.1 Å². The molecule has 0 bridgehead atoms. The molecule has 5 heteroatoms. The molecule has 1 saturated heterocycles. The molecule has 144 valence electrons. The summed E-state index contributed by atoms with van der Waals surface area (Å²) in [7, 11) is 0. The molecule has 3 aromatic rings. The van der Waals surface area contributed by atoms with Gasteiger partial charge in [-0.05, 0) is 67.0 Å². The molecule has 1 N–H and O–H groups in total. The summed E-state index contributed by atoms with van der Waals surface area (Å²) in [5.74, 6) is 0.507. The second kappa shape index (κ2) is 7.76. The number of benzene rings is 1. The van der Waals surface area contributed by atoms with Gasteiger partial charge in [-0.25, -0.2) is 0 Å². The van der Waals surface area contributed by atoms with E-state index in [2.05, 4.69) is 89.2 Å². The average Bonchev–Trinajstić information content (AvgIpc) is 3.27. The summed E-state index contributed by atoms with van der Waals surface area (Å²) >= 11 is 5.75. The van der Waals surface area contributed by atoms with Crippen molar-refractivity contribution < 1.29 is 0 Å². The van der Waals surface area contributed by atoms with E-state index >= 15 is 0 Å². The molecule has 0 saturated carbocycles. The van der Waals surface area contributed by atoms with Crippen LogP contribution in [0.2, 0.25) is 0 Å². The van der Waals surface area contributed by atoms with Crippen LogP contribution in [0.5, 0.6) is 0 Å². The van der Waals surface area contributed by atoms with Gasteiger partial charge in [0.05, 0.1) is 17.8 Å². The molecule has 1 aliphatic rings. The molecule has 0 spiro atoms. The standard InChI is InChI=1S/C23H26N4S/c1-16(2)15-27-22(21(25-23(27)28)19-10-4-5-12-24-19)20-11-7-13-26(20)18-9-6-8-17(3)14-18/h4-14,16,21-22H,15H2,1-3H3,(H,25,28)/t21-,22+/m0/s1. The molecule has 2 atom stereocenters. The Kier molecular flexibility index (Phi) is 5.18. The van der Waals surface area contributed by atoms with Gasteiger partial charge in [0.2, 0.25) is 0 Å². The van der Waals surface area contributed by atoms with E-state index in [1.165, 1.54) is 16.9 Å². The number of aromatic nitrogens is 2. The molecule has 0 radical (unpaired) electrons. The first kappa shape index (κ1) is 18.7. The fourth-order valence-corrected chi connectivity index (χ4v) is 4.28. The molecule has 1 fully saturated rings. The van der Waals surface area contributed by atoms with Crippen LogP contribution in [-0.2, 0) is 0 Å². The molecule has 2 aromatic heterocycles. The quantitative estimate of drug-likeness (QED) is 0.634. The first-order valence-electron chi connectivity index (χ1n) is 9.77. The van der Waals surface area contributed by atoms with Crippen molar-refractivity contribution in [1.29, 1.82) is 0 Å². The highest BCUT2D eigenvalue weighted by molar-refractivity contribution is 7.80. The predicted molar refractivity (Wildman–Crippen MR) is 118 cm³/mol. The number of aryl methyl sites for hydroxylation is 1. The minimum Gasteiger partial charge on any atom is -0.352 e. The Morgan fingerprint density at radius 1 is 1.11 bits per heavy atom. The lowest BCUT2D eigenvalue weighted by atomic mass is 10.0. The van der Waals surface area contributed by atoms with Crippen LogP contribution in [0.1, 0.15) is 42.9 Å². The highest BCUT2D eigenvalue weighted by atomic mass is 32.1. The minimum absolute atomic E-state index is 0.0194. The van der Waals surface area contributed by atoms with Gasteiger partial charge in [-0.1, -0.05) is 32.0 Å². The summed E-state index contributed by atoms with van der Waals surface area (Å²) in [5.41, 5.74) is 4.65. The Labute approximate surface area is 172 Å². The number of rotatable bonds is 5. The van der Waals surface area contributed by atoms with Crippen LogP contribution < -0.4 is 5.32 Å². The van der Waals surface area contributed by atoms with Crippen LogP contribution in [-0.4, -0.2) is 26.1 Å². The van der Waals surface area contributed by atoms with Crippen molar-refractivity contribution in [2.75, 3.05) is 6.54 Å². The second-order valence-electron chi connectivity index (χ2n) is 7.81. The van der Waals surface area contributed by atoms with Gasteiger partial charge in [0.25, 0.3) is 0 Å². The molecule has 4 rings (SSSR count). The normalized spacial score (nSPS) is 19.3. The van der Waals surface area contributed by atoms with Crippen LogP contribution >= 0.6 is 12.2 Å². The topological polar surface area (TPSA) is 33.1 Å². The van der Waals surface area contributed by atoms with Gasteiger partial charge in [-0.15, -0.1) is 0 Å². The van der Waals surface area contributed by atoms with Crippen molar-refractivity contribution >= 4 is 17.3 Å². The molecule has 0 aliphatic carbocycles. The lowest BCUT2D eigenvalue weighted by molar-refractivity contribution is 0.280. The second-order valence-corrected chi connectivity index (χ2v) is 8.20. The van der Waals surface area contributed by atoms with Crippen LogP contribution in [0, 0.1) is 12.8 Å². The Balaban J connectivity index is 1.81. The molecule has 28 heavy (non-hydrogen) atoms. The van der Waals surface area contributed by atoms with Gasteiger partial charge < -0.3 is 14.8 Å². The van der Waals surface area contributed by atoms with Gasteiger partial charge in [0.15, 0.2) is 5.11 Å². The third-order valence-corrected chi connectivity index (χ3v) is 5.48. The summed E-state index contributed by atoms with van der Waals surface area (Å²) in [4.78, 5) is 6.95. The van der Waals surface area contributed by atoms with Gasteiger partial charge in [0, 0.05) is 30.3 Å². The highest BCUT2D eigenvalue weighted by Crippen LogP contribution is 2.39. The minimum atomic E-state index is 0.0194. The Morgan fingerprint density at radius 3 is 2.68 bits per heavy atom. The number of pyridine rings is 1. The lowest BCUT2D eigenvalue weighted by Crippen LogP contribution is -2.33. The number of thiocarbonyl (C=S) groups is 1. The molecule has 3 heterocycles. The van der Waals surface area contributed by atoms with E-state index in [1.807, 2.05) is 18.3 Å². The van der Waals surface area contributed by atoms with Crippen LogP contribution in [0.4, 0.5) is 0 Å². The van der Waals surface area contributed by atoms with E-state index in [0.29, 0.717) is 5.92 Å². The monoisotopic (exact) mass is 390 g/mol. The average molecular weight is 391 g/mol. The van der Waals surface area contributed by atoms with E-state index in [1.54, 1.807) is 0 Å². The highest BCUT2D eigenvalue weighted by Gasteiger charge is 2.41. The zero-order valence-electron chi connectivity index (χ0n) is 16.5. The van der Waals surface area contributed by atoms with Gasteiger partial charge in [-0.2, -0.15) is 0 Å². The van der Waals surface area contributed by atoms with Crippen LogP contribution in [0.3, 0.4) is 0 Å². The van der Waals surface area contributed by atoms with E-state index in [0.717, 1.165) is 17.4 Å². The summed E-state index contributed by atoms with van der Waals surface area (Å²) < 4.78 is 2.27. The SMILES string of the molecule is Cc1cccc(-n2cccc2[C@@H]2[C@H](c3ccccn3)NC(=S)N2CC(C)C)c1. The maximum Gasteiger partial charge on any atom is 0.170 e. The molecule has 0 unspecified atom stereocenters. The maximum absolute atomic E-state index is 5.75. The molecule has 1 aromatic carbocycles. The van der Waals surface area contributed by atoms with Gasteiger partial charge >= 0.3 is 0 Å². The van der Waals surface area contributed by atoms with Crippen molar-refractivity contribution in [3.63, 3.8) is 0 Å². The Morgan fingerprint density at radius 2 is 1.96 bits per heavy atom. The molecule has 4 nitrogen and oxygen atoms in total.